The molecule has 24 heavy (non-hydrogen) atoms. The number of thiazole rings is 1. The fourth-order valence-electron chi connectivity index (χ4n) is 2.32. The highest BCUT2D eigenvalue weighted by molar-refractivity contribution is 7.21. The van der Waals surface area contributed by atoms with Crippen LogP contribution in [0.1, 0.15) is 11.1 Å². The molecule has 2 nitrogen and oxygen atoms in total. The van der Waals surface area contributed by atoms with Crippen LogP contribution in [-0.4, -0.2) is 4.98 Å². The van der Waals surface area contributed by atoms with Crippen molar-refractivity contribution in [2.24, 2.45) is 0 Å². The van der Waals surface area contributed by atoms with Crippen molar-refractivity contribution in [3.8, 4) is 10.6 Å². The van der Waals surface area contributed by atoms with E-state index in [9.17, 15) is 0 Å². The average molecular weight is 332 g/mol. The molecule has 0 amide bonds. The third-order valence-corrected chi connectivity index (χ3v) is 4.71. The highest BCUT2D eigenvalue weighted by Gasteiger charge is 2.05. The van der Waals surface area contributed by atoms with Crippen LogP contribution in [0.3, 0.4) is 0 Å². The minimum Gasteiger partial charge on any atom is -0.399 e. The summed E-state index contributed by atoms with van der Waals surface area (Å²) in [4.78, 5) is 4.63. The van der Waals surface area contributed by atoms with E-state index in [2.05, 4.69) is 49.2 Å². The maximum Gasteiger partial charge on any atom is 0.124 e. The Labute approximate surface area is 146 Å². The fourth-order valence-corrected chi connectivity index (χ4v) is 3.38. The predicted octanol–water partition coefficient (Wildman–Crippen LogP) is 5.85. The van der Waals surface area contributed by atoms with Gasteiger partial charge in [0.25, 0.3) is 0 Å². The van der Waals surface area contributed by atoms with Crippen LogP contribution >= 0.6 is 11.3 Å². The molecule has 0 fully saturated rings. The predicted molar refractivity (Wildman–Crippen MR) is 105 cm³/mol. The highest BCUT2D eigenvalue weighted by atomic mass is 32.1. The lowest BCUT2D eigenvalue weighted by Gasteiger charge is -1.95. The molecule has 4 rings (SSSR count). The number of aromatic nitrogens is 1. The molecule has 2 N–H and O–H groups in total. The van der Waals surface area contributed by atoms with Gasteiger partial charge in [0.15, 0.2) is 0 Å². The first-order valence-corrected chi connectivity index (χ1v) is 8.68. The van der Waals surface area contributed by atoms with Crippen LogP contribution in [0.4, 0.5) is 5.69 Å². The highest BCUT2D eigenvalue weighted by Crippen LogP contribution is 2.30. The molecule has 3 heteroatoms. The number of nitrogens with two attached hydrogens (primary N) is 1. The molecule has 0 aliphatic heterocycles. The van der Waals surface area contributed by atoms with Gasteiger partial charge in [-0.3, -0.25) is 0 Å². The molecule has 3 aromatic carbocycles. The summed E-state index contributed by atoms with van der Waals surface area (Å²) < 4.78 is 1.23. The van der Waals surface area contributed by atoms with E-state index in [1.807, 2.05) is 42.5 Å². The topological polar surface area (TPSA) is 38.9 Å². The zero-order chi connectivity index (χ0) is 16.9. The number of hydrogen-bond donors (Lipinski definition) is 1. The first kappa shape index (κ1) is 16.2. The molecule has 0 bridgehead atoms. The van der Waals surface area contributed by atoms with E-state index in [0.717, 1.165) is 21.8 Å². The van der Waals surface area contributed by atoms with Crippen LogP contribution in [0.5, 0.6) is 0 Å². The van der Waals surface area contributed by atoms with Crippen LogP contribution in [0.2, 0.25) is 0 Å². The third kappa shape index (κ3) is 4.00. The number of aryl methyl sites for hydroxylation is 2. The Balaban J connectivity index is 0.000000203. The summed E-state index contributed by atoms with van der Waals surface area (Å²) in [5.74, 6) is 0. The summed E-state index contributed by atoms with van der Waals surface area (Å²) in [7, 11) is 0. The lowest BCUT2D eigenvalue weighted by Crippen LogP contribution is -1.83. The quantitative estimate of drug-likeness (QED) is 0.444. The van der Waals surface area contributed by atoms with Crippen LogP contribution in [-0.2, 0) is 0 Å². The van der Waals surface area contributed by atoms with E-state index >= 15 is 0 Å². The Morgan fingerprint density at radius 1 is 0.792 bits per heavy atom. The van der Waals surface area contributed by atoms with Gasteiger partial charge in [0.05, 0.1) is 10.2 Å². The molecule has 0 radical (unpaired) electrons. The molecule has 0 saturated carbocycles. The largest absolute Gasteiger partial charge is 0.399 e. The lowest BCUT2D eigenvalue weighted by molar-refractivity contribution is 1.45. The number of nitrogen functional groups attached to an aromatic ring is 1. The number of anilines is 1. The smallest absolute Gasteiger partial charge is 0.124 e. The Morgan fingerprint density at radius 2 is 1.50 bits per heavy atom. The molecule has 120 valence electrons. The van der Waals surface area contributed by atoms with E-state index in [1.54, 1.807) is 11.3 Å². The van der Waals surface area contributed by atoms with Crippen molar-refractivity contribution in [2.75, 3.05) is 5.73 Å². The fraction of sp³-hybridized carbons (Fsp3) is 0.0952. The monoisotopic (exact) mass is 332 g/mol. The van der Waals surface area contributed by atoms with Gasteiger partial charge in [-0.05, 0) is 55.8 Å². The number of hydrogen-bond acceptors (Lipinski definition) is 3. The number of rotatable bonds is 1. The summed E-state index contributed by atoms with van der Waals surface area (Å²) in [5, 5.41) is 1.05. The van der Waals surface area contributed by atoms with Gasteiger partial charge >= 0.3 is 0 Å². The SMILES string of the molecule is Cc1ccc2nc(-c3ccc(N)cc3)sc2c1.Cc1ccccc1. The van der Waals surface area contributed by atoms with Gasteiger partial charge in [-0.25, -0.2) is 4.98 Å². The van der Waals surface area contributed by atoms with Gasteiger partial charge in [-0.1, -0.05) is 42.0 Å². The molecule has 1 aromatic heterocycles. The van der Waals surface area contributed by atoms with Gasteiger partial charge in [-0.2, -0.15) is 0 Å². The molecule has 0 aliphatic rings. The van der Waals surface area contributed by atoms with Crippen molar-refractivity contribution in [1.82, 2.24) is 4.98 Å². The van der Waals surface area contributed by atoms with E-state index < -0.39 is 0 Å². The van der Waals surface area contributed by atoms with Gasteiger partial charge in [0.1, 0.15) is 5.01 Å². The zero-order valence-corrected chi connectivity index (χ0v) is 14.7. The maximum atomic E-state index is 5.68. The van der Waals surface area contributed by atoms with Crippen molar-refractivity contribution < 1.29 is 0 Å². The number of fused-ring (bicyclic) bond motifs is 1. The summed E-state index contributed by atoms with van der Waals surface area (Å²) in [6, 6.07) is 24.4. The van der Waals surface area contributed by atoms with Crippen LogP contribution in [0.15, 0.2) is 72.8 Å². The molecule has 0 aliphatic carbocycles. The van der Waals surface area contributed by atoms with Crippen LogP contribution in [0, 0.1) is 13.8 Å². The van der Waals surface area contributed by atoms with E-state index in [-0.39, 0.29) is 0 Å². The standard InChI is InChI=1S/C14H12N2S.C7H8/c1-9-2-7-12-13(8-9)17-14(16-12)10-3-5-11(15)6-4-10;1-7-5-3-2-4-6-7/h2-8H,15H2,1H3;2-6H,1H3. The lowest BCUT2D eigenvalue weighted by atomic mass is 10.2. The second kappa shape index (κ2) is 7.28. The van der Waals surface area contributed by atoms with Crippen molar-refractivity contribution in [3.05, 3.63) is 83.9 Å². The summed E-state index contributed by atoms with van der Waals surface area (Å²) in [6.07, 6.45) is 0. The first-order chi connectivity index (χ1) is 11.6. The van der Waals surface area contributed by atoms with E-state index in [4.69, 9.17) is 5.73 Å². The van der Waals surface area contributed by atoms with Crippen molar-refractivity contribution >= 4 is 27.2 Å². The van der Waals surface area contributed by atoms with Crippen molar-refractivity contribution in [2.45, 2.75) is 13.8 Å². The van der Waals surface area contributed by atoms with Gasteiger partial charge in [0.2, 0.25) is 0 Å². The van der Waals surface area contributed by atoms with E-state index in [1.165, 1.54) is 15.8 Å². The Morgan fingerprint density at radius 3 is 2.12 bits per heavy atom. The van der Waals surface area contributed by atoms with Gasteiger partial charge in [-0.15, -0.1) is 11.3 Å². The molecular weight excluding hydrogens is 312 g/mol. The number of benzene rings is 3. The molecule has 0 spiro atoms. The van der Waals surface area contributed by atoms with Gasteiger partial charge < -0.3 is 5.73 Å². The first-order valence-electron chi connectivity index (χ1n) is 7.86. The van der Waals surface area contributed by atoms with E-state index in [0.29, 0.717) is 0 Å². The molecule has 0 unspecified atom stereocenters. The number of nitrogens with zero attached hydrogens (tertiary/aromatic N) is 1. The average Bonchev–Trinajstić information content (AvgIpc) is 3.00. The summed E-state index contributed by atoms with van der Waals surface area (Å²) >= 11 is 1.72. The van der Waals surface area contributed by atoms with Crippen molar-refractivity contribution in [3.63, 3.8) is 0 Å². The third-order valence-electron chi connectivity index (χ3n) is 3.64. The molecule has 0 saturated heterocycles. The maximum absolute atomic E-state index is 5.68. The zero-order valence-electron chi connectivity index (χ0n) is 13.9. The molecule has 0 atom stereocenters. The van der Waals surface area contributed by atoms with Crippen molar-refractivity contribution in [1.29, 1.82) is 0 Å². The Kier molecular flexibility index (Phi) is 4.92. The normalized spacial score (nSPS) is 10.2. The second-order valence-electron chi connectivity index (χ2n) is 5.77. The van der Waals surface area contributed by atoms with Crippen LogP contribution in [0.25, 0.3) is 20.8 Å². The Bertz CT molecular complexity index is 925. The minimum absolute atomic E-state index is 0.783. The second-order valence-corrected chi connectivity index (χ2v) is 6.80. The summed E-state index contributed by atoms with van der Waals surface area (Å²) in [6.45, 7) is 4.18. The van der Waals surface area contributed by atoms with Crippen LogP contribution < -0.4 is 5.73 Å². The molecule has 4 aromatic rings. The Hall–Kier alpha value is -2.65. The summed E-state index contributed by atoms with van der Waals surface area (Å²) in [5.41, 5.74) is 11.2. The minimum atomic E-state index is 0.783. The molecular formula is C21H20N2S. The molecule has 1 heterocycles. The van der Waals surface area contributed by atoms with Gasteiger partial charge in [0, 0.05) is 11.3 Å².